The molecule has 6 rings (SSSR count). The maximum absolute atomic E-state index is 13.6. The van der Waals surface area contributed by atoms with Crippen molar-refractivity contribution in [2.24, 2.45) is 24.1 Å². The van der Waals surface area contributed by atoms with Crippen molar-refractivity contribution < 1.29 is 9.90 Å². The molecule has 2 aromatic carbocycles. The van der Waals surface area contributed by atoms with Gasteiger partial charge in [0.05, 0.1) is 45.3 Å². The molecule has 13 heteroatoms. The van der Waals surface area contributed by atoms with Crippen molar-refractivity contribution in [2.45, 2.75) is 66.9 Å². The second-order valence-corrected chi connectivity index (χ2v) is 12.5. The molecule has 12 nitrogen and oxygen atoms in total. The number of aromatic nitrogens is 8. The molecular formula is C36H42N10O2S. The molecule has 4 heterocycles. The van der Waals surface area contributed by atoms with Crippen LogP contribution in [0.2, 0.25) is 0 Å². The number of aryl methyl sites for hydroxylation is 6. The third-order valence-electron chi connectivity index (χ3n) is 8.73. The Bertz CT molecular complexity index is 2390. The molecule has 6 aromatic rings. The lowest BCUT2D eigenvalue weighted by atomic mass is 10.1. The van der Waals surface area contributed by atoms with Crippen LogP contribution in [0.4, 0.5) is 0 Å². The number of aliphatic hydroxyl groups is 1. The number of hydrogen-bond acceptors (Lipinski definition) is 5. The number of para-hydroxylation sites is 3. The van der Waals surface area contributed by atoms with E-state index in [-0.39, 0.29) is 5.91 Å². The number of imidazole rings is 2. The number of thiocarbonyl (C=S) groups is 1. The Morgan fingerprint density at radius 2 is 1.37 bits per heavy atom. The van der Waals surface area contributed by atoms with Crippen LogP contribution in [0.5, 0.6) is 0 Å². The Labute approximate surface area is 289 Å². The first-order valence-corrected chi connectivity index (χ1v) is 16.9. The lowest BCUT2D eigenvalue weighted by Crippen LogP contribution is -2.27. The minimum Gasteiger partial charge on any atom is -0.389 e. The zero-order valence-electron chi connectivity index (χ0n) is 29.0. The summed E-state index contributed by atoms with van der Waals surface area (Å²) in [6.07, 6.45) is 3.41. The lowest BCUT2D eigenvalue weighted by Gasteiger charge is -2.10. The standard InChI is InChI=1S/C36H42N10O2S/c1-8-45-30(21-23(3)39-45)33(48)37-35-42(7)29-18-14-15-26(25(5)47)32(29)44(35)20-13-12-19-43-28-17-11-10-16-27(28)41(6)36(43)38-34(49)31-22-24(4)40-46(31)9-2/h10-18,21-22,25,47H,8-9,19-20H2,1-7H3/b13-12+,37-35+,38-36+. The maximum atomic E-state index is 13.6. The van der Waals surface area contributed by atoms with Gasteiger partial charge >= 0.3 is 0 Å². The monoisotopic (exact) mass is 678 g/mol. The Kier molecular flexibility index (Phi) is 9.48. The van der Waals surface area contributed by atoms with E-state index in [1.165, 1.54) is 0 Å². The molecule has 0 saturated heterocycles. The summed E-state index contributed by atoms with van der Waals surface area (Å²) in [5, 5.41) is 19.7. The summed E-state index contributed by atoms with van der Waals surface area (Å²) in [6.45, 7) is 11.7. The predicted octanol–water partition coefficient (Wildman–Crippen LogP) is 4.65. The number of allylic oxidation sites excluding steroid dienone is 2. The lowest BCUT2D eigenvalue weighted by molar-refractivity contribution is 0.0985. The highest BCUT2D eigenvalue weighted by Crippen LogP contribution is 2.24. The number of benzene rings is 2. The van der Waals surface area contributed by atoms with E-state index in [2.05, 4.69) is 48.6 Å². The highest BCUT2D eigenvalue weighted by Gasteiger charge is 2.19. The zero-order chi connectivity index (χ0) is 35.0. The Morgan fingerprint density at radius 3 is 2.02 bits per heavy atom. The quantitative estimate of drug-likeness (QED) is 0.177. The predicted molar refractivity (Wildman–Crippen MR) is 194 cm³/mol. The van der Waals surface area contributed by atoms with Gasteiger partial charge < -0.3 is 23.4 Å². The molecule has 1 unspecified atom stereocenters. The summed E-state index contributed by atoms with van der Waals surface area (Å²) in [5.74, 6) is -0.377. The van der Waals surface area contributed by atoms with Gasteiger partial charge in [0.2, 0.25) is 11.2 Å². The van der Waals surface area contributed by atoms with E-state index in [1.54, 1.807) is 17.7 Å². The van der Waals surface area contributed by atoms with Gasteiger partial charge in [-0.2, -0.15) is 15.2 Å². The summed E-state index contributed by atoms with van der Waals surface area (Å²) < 4.78 is 11.6. The molecule has 0 bridgehead atoms. The van der Waals surface area contributed by atoms with Gasteiger partial charge in [0.25, 0.3) is 5.91 Å². The van der Waals surface area contributed by atoms with Crippen molar-refractivity contribution in [2.75, 3.05) is 0 Å². The molecule has 0 fully saturated rings. The molecule has 0 spiro atoms. The highest BCUT2D eigenvalue weighted by atomic mass is 32.1. The van der Waals surface area contributed by atoms with Crippen LogP contribution in [0.3, 0.4) is 0 Å². The van der Waals surface area contributed by atoms with E-state index in [0.29, 0.717) is 42.5 Å². The normalized spacial score (nSPS) is 13.5. The number of fused-ring (bicyclic) bond motifs is 2. The molecule has 1 atom stereocenters. The third-order valence-corrected chi connectivity index (χ3v) is 9.03. The van der Waals surface area contributed by atoms with E-state index in [9.17, 15) is 9.90 Å². The molecule has 0 aliphatic heterocycles. The van der Waals surface area contributed by atoms with E-state index >= 15 is 0 Å². The van der Waals surface area contributed by atoms with E-state index < -0.39 is 6.10 Å². The second kappa shape index (κ2) is 13.8. The number of amides is 1. The molecule has 1 N–H and O–H groups in total. The van der Waals surface area contributed by atoms with E-state index in [0.717, 1.165) is 50.3 Å². The molecule has 4 aromatic heterocycles. The number of rotatable bonds is 9. The van der Waals surface area contributed by atoms with Gasteiger partial charge in [0.15, 0.2) is 4.99 Å². The minimum absolute atomic E-state index is 0.377. The van der Waals surface area contributed by atoms with Crippen LogP contribution in [0, 0.1) is 13.8 Å². The van der Waals surface area contributed by atoms with Crippen molar-refractivity contribution in [3.63, 3.8) is 0 Å². The number of nitrogens with zero attached hydrogens (tertiary/aromatic N) is 10. The fraction of sp³-hybridized carbons (Fsp3) is 0.333. The molecule has 1 amide bonds. The molecule has 0 aliphatic carbocycles. The smallest absolute Gasteiger partial charge is 0.298 e. The molecule has 0 aliphatic rings. The van der Waals surface area contributed by atoms with Crippen molar-refractivity contribution >= 4 is 45.2 Å². The first kappa shape index (κ1) is 33.7. The average molecular weight is 679 g/mol. The van der Waals surface area contributed by atoms with Crippen molar-refractivity contribution in [1.29, 1.82) is 0 Å². The molecular weight excluding hydrogens is 637 g/mol. The third kappa shape index (κ3) is 6.27. The SMILES string of the molecule is CCn1nc(C)cc1C(=O)/N=c1\n(C)c2cccc(C(C)O)c2n1C/C=C/Cn1/c(=N/C(=S)c2cc(C)nn2CC)n(C)c2ccccc21. The summed E-state index contributed by atoms with van der Waals surface area (Å²) in [4.78, 5) is 23.6. The first-order chi connectivity index (χ1) is 23.5. The van der Waals surface area contributed by atoms with Gasteiger partial charge in [-0.15, -0.1) is 0 Å². The summed E-state index contributed by atoms with van der Waals surface area (Å²) >= 11 is 5.83. The molecule has 254 valence electrons. The van der Waals surface area contributed by atoms with Crippen LogP contribution >= 0.6 is 12.2 Å². The van der Waals surface area contributed by atoms with Crippen LogP contribution in [0.15, 0.2) is 76.7 Å². The van der Waals surface area contributed by atoms with Crippen molar-refractivity contribution in [3.05, 3.63) is 106 Å². The van der Waals surface area contributed by atoms with Crippen LogP contribution in [0.1, 0.15) is 60.0 Å². The Balaban J connectivity index is 1.42. The highest BCUT2D eigenvalue weighted by molar-refractivity contribution is 7.80. The number of hydrogen-bond donors (Lipinski definition) is 1. The average Bonchev–Trinajstić information content (AvgIpc) is 3.81. The summed E-state index contributed by atoms with van der Waals surface area (Å²) in [6, 6.07) is 17.7. The number of aliphatic hydroxyl groups excluding tert-OH is 1. The number of carbonyl (C=O) groups excluding carboxylic acids is 1. The molecule has 0 saturated carbocycles. The van der Waals surface area contributed by atoms with Crippen LogP contribution in [-0.2, 0) is 40.3 Å². The summed E-state index contributed by atoms with van der Waals surface area (Å²) in [7, 11) is 3.88. The Morgan fingerprint density at radius 1 is 0.816 bits per heavy atom. The molecule has 49 heavy (non-hydrogen) atoms. The van der Waals surface area contributed by atoms with Crippen LogP contribution < -0.4 is 11.2 Å². The fourth-order valence-electron chi connectivity index (χ4n) is 6.41. The van der Waals surface area contributed by atoms with E-state index in [4.69, 9.17) is 17.2 Å². The maximum Gasteiger partial charge on any atom is 0.298 e. The topological polar surface area (TPSA) is 117 Å². The molecule has 0 radical (unpaired) electrons. The largest absolute Gasteiger partial charge is 0.389 e. The number of carbonyl (C=O) groups is 1. The van der Waals surface area contributed by atoms with Gasteiger partial charge in [-0.1, -0.05) is 48.6 Å². The van der Waals surface area contributed by atoms with Crippen molar-refractivity contribution in [3.8, 4) is 0 Å². The van der Waals surface area contributed by atoms with E-state index in [1.807, 2.05) is 92.0 Å². The van der Waals surface area contributed by atoms with Crippen molar-refractivity contribution in [1.82, 2.24) is 37.8 Å². The van der Waals surface area contributed by atoms with Crippen LogP contribution in [0.25, 0.3) is 22.1 Å². The minimum atomic E-state index is -0.721. The van der Waals surface area contributed by atoms with Gasteiger partial charge in [0.1, 0.15) is 5.69 Å². The van der Waals surface area contributed by atoms with Gasteiger partial charge in [-0.3, -0.25) is 14.2 Å². The summed E-state index contributed by atoms with van der Waals surface area (Å²) in [5.41, 5.74) is 8.57. The Hall–Kier alpha value is -5.14. The van der Waals surface area contributed by atoms with Gasteiger partial charge in [-0.05, 0) is 65.0 Å². The second-order valence-electron chi connectivity index (χ2n) is 12.1. The zero-order valence-corrected chi connectivity index (χ0v) is 29.8. The van der Waals surface area contributed by atoms with Crippen LogP contribution in [-0.4, -0.2) is 53.8 Å². The van der Waals surface area contributed by atoms with Gasteiger partial charge in [0, 0.05) is 45.8 Å². The first-order valence-electron chi connectivity index (χ1n) is 16.5. The fourth-order valence-corrected chi connectivity index (χ4v) is 6.66. The van der Waals surface area contributed by atoms with Gasteiger partial charge in [-0.25, -0.2) is 4.99 Å².